The number of ether oxygens (including phenoxy) is 1. The van der Waals surface area contributed by atoms with E-state index in [0.717, 1.165) is 6.42 Å². The molecule has 1 aromatic carbocycles. The SMILES string of the molecule is CCCN(CC(=O)Nc1ccc(Cl)cc1)C(=O)C(N)COC.Cl. The van der Waals surface area contributed by atoms with Crippen LogP contribution in [-0.2, 0) is 14.3 Å². The normalized spacial score (nSPS) is 11.3. The molecule has 6 nitrogen and oxygen atoms in total. The number of halogens is 2. The van der Waals surface area contributed by atoms with Crippen LogP contribution in [0.15, 0.2) is 24.3 Å². The predicted molar refractivity (Wildman–Crippen MR) is 94.1 cm³/mol. The number of carbonyl (C=O) groups excluding carboxylic acids is 2. The number of nitrogens with zero attached hydrogens (tertiary/aromatic N) is 1. The molecule has 1 aromatic rings. The van der Waals surface area contributed by atoms with Crippen LogP contribution in [0.2, 0.25) is 5.02 Å². The number of rotatable bonds is 8. The highest BCUT2D eigenvalue weighted by Crippen LogP contribution is 2.13. The molecule has 0 radical (unpaired) electrons. The second-order valence-corrected chi connectivity index (χ2v) is 5.31. The van der Waals surface area contributed by atoms with Crippen LogP contribution in [0.5, 0.6) is 0 Å². The fourth-order valence-electron chi connectivity index (χ4n) is 1.93. The van der Waals surface area contributed by atoms with Crippen LogP contribution in [0.25, 0.3) is 0 Å². The van der Waals surface area contributed by atoms with Crippen LogP contribution in [0.4, 0.5) is 5.69 Å². The Kier molecular flexibility index (Phi) is 10.6. The van der Waals surface area contributed by atoms with Gasteiger partial charge in [0.15, 0.2) is 0 Å². The van der Waals surface area contributed by atoms with E-state index in [2.05, 4.69) is 5.32 Å². The number of anilines is 1. The van der Waals surface area contributed by atoms with Crippen LogP contribution in [0, 0.1) is 0 Å². The smallest absolute Gasteiger partial charge is 0.243 e. The minimum atomic E-state index is -0.764. The van der Waals surface area contributed by atoms with Gasteiger partial charge in [-0.25, -0.2) is 0 Å². The van der Waals surface area contributed by atoms with E-state index in [-0.39, 0.29) is 37.4 Å². The second-order valence-electron chi connectivity index (χ2n) is 4.88. The molecule has 130 valence electrons. The average Bonchev–Trinajstić information content (AvgIpc) is 2.48. The van der Waals surface area contributed by atoms with E-state index in [0.29, 0.717) is 17.3 Å². The molecule has 1 unspecified atom stereocenters. The fraction of sp³-hybridized carbons (Fsp3) is 0.467. The van der Waals surface area contributed by atoms with Crippen molar-refractivity contribution in [1.82, 2.24) is 4.90 Å². The minimum absolute atomic E-state index is 0. The average molecular weight is 364 g/mol. The molecule has 0 aliphatic rings. The first-order valence-corrected chi connectivity index (χ1v) is 7.44. The predicted octanol–water partition coefficient (Wildman–Crippen LogP) is 1.91. The topological polar surface area (TPSA) is 84.7 Å². The summed E-state index contributed by atoms with van der Waals surface area (Å²) >= 11 is 5.79. The first-order chi connectivity index (χ1) is 10.5. The van der Waals surface area contributed by atoms with E-state index in [9.17, 15) is 9.59 Å². The van der Waals surface area contributed by atoms with Crippen molar-refractivity contribution < 1.29 is 14.3 Å². The number of hydrogen-bond donors (Lipinski definition) is 2. The van der Waals surface area contributed by atoms with Crippen LogP contribution in [0.1, 0.15) is 13.3 Å². The number of methoxy groups -OCH3 is 1. The van der Waals surface area contributed by atoms with E-state index in [1.165, 1.54) is 12.0 Å². The zero-order valence-corrected chi connectivity index (χ0v) is 14.8. The van der Waals surface area contributed by atoms with Gasteiger partial charge in [-0.15, -0.1) is 12.4 Å². The Bertz CT molecular complexity index is 497. The van der Waals surface area contributed by atoms with Crippen LogP contribution in [0.3, 0.4) is 0 Å². The molecule has 2 amide bonds. The molecule has 0 aliphatic heterocycles. The monoisotopic (exact) mass is 363 g/mol. The summed E-state index contributed by atoms with van der Waals surface area (Å²) in [4.78, 5) is 25.7. The van der Waals surface area contributed by atoms with Gasteiger partial charge >= 0.3 is 0 Å². The van der Waals surface area contributed by atoms with Crippen LogP contribution in [-0.4, -0.2) is 49.6 Å². The molecule has 8 heteroatoms. The Morgan fingerprint density at radius 2 is 1.96 bits per heavy atom. The fourth-order valence-corrected chi connectivity index (χ4v) is 2.06. The quantitative estimate of drug-likeness (QED) is 0.738. The molecule has 0 aromatic heterocycles. The van der Waals surface area contributed by atoms with Crippen molar-refractivity contribution in [2.45, 2.75) is 19.4 Å². The third-order valence-electron chi connectivity index (χ3n) is 2.93. The maximum Gasteiger partial charge on any atom is 0.243 e. The van der Waals surface area contributed by atoms with Gasteiger partial charge in [0.1, 0.15) is 6.04 Å². The molecular weight excluding hydrogens is 341 g/mol. The first kappa shape index (κ1) is 21.7. The lowest BCUT2D eigenvalue weighted by Crippen LogP contribution is -2.48. The van der Waals surface area contributed by atoms with Crippen molar-refractivity contribution in [2.75, 3.05) is 32.1 Å². The zero-order valence-electron chi connectivity index (χ0n) is 13.3. The van der Waals surface area contributed by atoms with Gasteiger partial charge in [-0.2, -0.15) is 0 Å². The van der Waals surface area contributed by atoms with Gasteiger partial charge in [0.2, 0.25) is 11.8 Å². The van der Waals surface area contributed by atoms with Gasteiger partial charge in [0.05, 0.1) is 13.2 Å². The maximum absolute atomic E-state index is 12.2. The number of benzene rings is 1. The highest BCUT2D eigenvalue weighted by atomic mass is 35.5. The molecule has 0 saturated carbocycles. The molecule has 1 atom stereocenters. The van der Waals surface area contributed by atoms with Gasteiger partial charge in [-0.05, 0) is 30.7 Å². The number of nitrogens with two attached hydrogens (primary N) is 1. The highest BCUT2D eigenvalue weighted by molar-refractivity contribution is 6.30. The third kappa shape index (κ3) is 7.65. The first-order valence-electron chi connectivity index (χ1n) is 7.06. The summed E-state index contributed by atoms with van der Waals surface area (Å²) in [5.41, 5.74) is 6.37. The van der Waals surface area contributed by atoms with Crippen molar-refractivity contribution in [1.29, 1.82) is 0 Å². The van der Waals surface area contributed by atoms with E-state index in [1.54, 1.807) is 24.3 Å². The van der Waals surface area contributed by atoms with Crippen molar-refractivity contribution in [3.05, 3.63) is 29.3 Å². The zero-order chi connectivity index (χ0) is 16.5. The Hall–Kier alpha value is -1.34. The van der Waals surface area contributed by atoms with Gasteiger partial charge < -0.3 is 20.7 Å². The summed E-state index contributed by atoms with van der Waals surface area (Å²) in [6, 6.07) is 5.99. The Morgan fingerprint density at radius 3 is 2.48 bits per heavy atom. The van der Waals surface area contributed by atoms with Gasteiger partial charge in [0, 0.05) is 24.4 Å². The van der Waals surface area contributed by atoms with Crippen molar-refractivity contribution in [2.24, 2.45) is 5.73 Å². The molecule has 0 saturated heterocycles. The minimum Gasteiger partial charge on any atom is -0.383 e. The third-order valence-corrected chi connectivity index (χ3v) is 3.18. The van der Waals surface area contributed by atoms with Crippen molar-refractivity contribution in [3.8, 4) is 0 Å². The molecule has 0 spiro atoms. The summed E-state index contributed by atoms with van der Waals surface area (Å²) in [5, 5.41) is 3.31. The summed E-state index contributed by atoms with van der Waals surface area (Å²) < 4.78 is 4.88. The number of amides is 2. The number of hydrogen-bond acceptors (Lipinski definition) is 4. The van der Waals surface area contributed by atoms with Gasteiger partial charge in [-0.3, -0.25) is 9.59 Å². The second kappa shape index (κ2) is 11.2. The lowest BCUT2D eigenvalue weighted by atomic mass is 10.2. The van der Waals surface area contributed by atoms with E-state index < -0.39 is 6.04 Å². The molecular formula is C15H23Cl2N3O3. The van der Waals surface area contributed by atoms with Crippen molar-refractivity contribution in [3.63, 3.8) is 0 Å². The largest absolute Gasteiger partial charge is 0.383 e. The molecule has 0 heterocycles. The summed E-state index contributed by atoms with van der Waals surface area (Å²) in [6.07, 6.45) is 0.736. The Balaban J connectivity index is 0.00000484. The molecule has 0 fully saturated rings. The highest BCUT2D eigenvalue weighted by Gasteiger charge is 2.22. The Morgan fingerprint density at radius 1 is 1.35 bits per heavy atom. The van der Waals surface area contributed by atoms with E-state index in [1.807, 2.05) is 6.92 Å². The lowest BCUT2D eigenvalue weighted by Gasteiger charge is -2.24. The summed E-state index contributed by atoms with van der Waals surface area (Å²) in [6.45, 7) is 2.47. The maximum atomic E-state index is 12.2. The summed E-state index contributed by atoms with van der Waals surface area (Å²) in [7, 11) is 1.48. The molecule has 1 rings (SSSR count). The van der Waals surface area contributed by atoms with Gasteiger partial charge in [-0.1, -0.05) is 18.5 Å². The van der Waals surface area contributed by atoms with Crippen LogP contribution < -0.4 is 11.1 Å². The van der Waals surface area contributed by atoms with E-state index >= 15 is 0 Å². The summed E-state index contributed by atoms with van der Waals surface area (Å²) in [5.74, 6) is -0.580. The molecule has 3 N–H and O–H groups in total. The Labute approximate surface area is 147 Å². The number of carbonyl (C=O) groups is 2. The van der Waals surface area contributed by atoms with Gasteiger partial charge in [0.25, 0.3) is 0 Å². The van der Waals surface area contributed by atoms with E-state index in [4.69, 9.17) is 22.1 Å². The standard InChI is InChI=1S/C15H22ClN3O3.ClH/c1-3-8-19(15(21)13(17)10-22-2)9-14(20)18-12-6-4-11(16)5-7-12;/h4-7,13H,3,8-10,17H2,1-2H3,(H,18,20);1H. The molecule has 0 bridgehead atoms. The van der Waals surface area contributed by atoms with Crippen molar-refractivity contribution >= 4 is 41.5 Å². The number of nitrogens with one attached hydrogen (secondary N) is 1. The lowest BCUT2D eigenvalue weighted by molar-refractivity contribution is -0.136. The van der Waals surface area contributed by atoms with Crippen LogP contribution >= 0.6 is 24.0 Å². The molecule has 0 aliphatic carbocycles. The molecule has 23 heavy (non-hydrogen) atoms.